The zero-order valence-electron chi connectivity index (χ0n) is 18.6. The summed E-state index contributed by atoms with van der Waals surface area (Å²) in [6.45, 7) is 5.04. The third-order valence-corrected chi connectivity index (χ3v) is 6.76. The van der Waals surface area contributed by atoms with Crippen molar-refractivity contribution in [3.8, 4) is 0 Å². The van der Waals surface area contributed by atoms with E-state index in [0.29, 0.717) is 25.2 Å². The molecule has 184 valence electrons. The fourth-order valence-corrected chi connectivity index (χ4v) is 4.99. The van der Waals surface area contributed by atoms with Gasteiger partial charge in [-0.1, -0.05) is 23.7 Å². The van der Waals surface area contributed by atoms with Crippen molar-refractivity contribution in [3.05, 3.63) is 68.9 Å². The van der Waals surface area contributed by atoms with Gasteiger partial charge in [0.25, 0.3) is 0 Å². The molecule has 2 aromatic carbocycles. The first-order chi connectivity index (χ1) is 15.4. The molecular weight excluding hydrogens is 492 g/mol. The van der Waals surface area contributed by atoms with Crippen LogP contribution in [0.1, 0.15) is 51.1 Å². The van der Waals surface area contributed by atoms with E-state index >= 15 is 0 Å². The van der Waals surface area contributed by atoms with Crippen molar-refractivity contribution in [3.63, 3.8) is 0 Å². The lowest BCUT2D eigenvalue weighted by Crippen LogP contribution is -2.42. The molecular formula is C24H25Cl2F3N2O3. The number of carbonyl (C=O) groups is 1. The summed E-state index contributed by atoms with van der Waals surface area (Å²) in [4.78, 5) is 16.9. The van der Waals surface area contributed by atoms with Crippen molar-refractivity contribution in [1.29, 1.82) is 0 Å². The molecule has 0 aliphatic carbocycles. The standard InChI is InChI=1S/C24H24ClF3N2O3.ClH/c1-13-9-14(2)20-16(21(22(31)32)29-19(20)10-13)12-30-7-5-23(33,6-8-30)15-3-4-18(25)17(11-15)24(26,27)28;/h3-4,9-11,29,33H,5-8,12H2,1-2H3,(H,31,32);1H. The molecule has 0 bridgehead atoms. The number of halogens is 5. The van der Waals surface area contributed by atoms with Crippen LogP contribution in [0.3, 0.4) is 0 Å². The number of nitrogens with one attached hydrogen (secondary N) is 1. The maximum atomic E-state index is 13.3. The van der Waals surface area contributed by atoms with Crippen molar-refractivity contribution in [2.24, 2.45) is 0 Å². The highest BCUT2D eigenvalue weighted by Crippen LogP contribution is 2.40. The fraction of sp³-hybridized carbons (Fsp3) is 0.375. The van der Waals surface area contributed by atoms with Gasteiger partial charge in [0.2, 0.25) is 0 Å². The Balaban J connectivity index is 0.00000324. The Morgan fingerprint density at radius 2 is 1.82 bits per heavy atom. The number of rotatable bonds is 4. The van der Waals surface area contributed by atoms with Crippen LogP contribution < -0.4 is 0 Å². The molecule has 3 N–H and O–H groups in total. The van der Waals surface area contributed by atoms with Crippen LogP contribution >= 0.6 is 24.0 Å². The SMILES string of the molecule is Cc1cc(C)c2c(CN3CCC(O)(c4ccc(Cl)c(C(F)(F)F)c4)CC3)c(C(=O)O)[nH]c2c1.Cl. The molecule has 0 amide bonds. The van der Waals surface area contributed by atoms with Gasteiger partial charge in [-0.3, -0.25) is 4.90 Å². The fourth-order valence-electron chi connectivity index (χ4n) is 4.77. The number of fused-ring (bicyclic) bond motifs is 1. The summed E-state index contributed by atoms with van der Waals surface area (Å²) in [5.74, 6) is -1.05. The summed E-state index contributed by atoms with van der Waals surface area (Å²) >= 11 is 5.72. The number of benzene rings is 2. The van der Waals surface area contributed by atoms with Gasteiger partial charge >= 0.3 is 12.1 Å². The molecule has 3 aromatic rings. The van der Waals surface area contributed by atoms with E-state index in [1.165, 1.54) is 12.1 Å². The van der Waals surface area contributed by atoms with E-state index in [0.717, 1.165) is 28.1 Å². The first kappa shape index (κ1) is 26.3. The Bertz CT molecular complexity index is 1230. The smallest absolute Gasteiger partial charge is 0.417 e. The third kappa shape index (κ3) is 4.91. The number of hydrogen-bond donors (Lipinski definition) is 3. The Labute approximate surface area is 205 Å². The Morgan fingerprint density at radius 3 is 2.41 bits per heavy atom. The van der Waals surface area contributed by atoms with E-state index in [9.17, 15) is 28.2 Å². The molecule has 1 aliphatic heterocycles. The number of nitrogens with zero attached hydrogens (tertiary/aromatic N) is 1. The second-order valence-corrected chi connectivity index (χ2v) is 9.20. The van der Waals surface area contributed by atoms with Crippen LogP contribution in [0, 0.1) is 13.8 Å². The topological polar surface area (TPSA) is 76.6 Å². The average Bonchev–Trinajstić information content (AvgIpc) is 3.08. The van der Waals surface area contributed by atoms with Gasteiger partial charge < -0.3 is 15.2 Å². The second-order valence-electron chi connectivity index (χ2n) is 8.79. The first-order valence-electron chi connectivity index (χ1n) is 10.6. The number of carboxylic acid groups (broad SMARTS) is 1. The van der Waals surface area contributed by atoms with Gasteiger partial charge in [-0.2, -0.15) is 13.2 Å². The minimum Gasteiger partial charge on any atom is -0.477 e. The molecule has 0 spiro atoms. The molecule has 1 aliphatic rings. The lowest BCUT2D eigenvalue weighted by molar-refractivity contribution is -0.137. The summed E-state index contributed by atoms with van der Waals surface area (Å²) in [7, 11) is 0. The first-order valence-corrected chi connectivity index (χ1v) is 10.9. The van der Waals surface area contributed by atoms with Gasteiger partial charge in [0.15, 0.2) is 0 Å². The number of aromatic carboxylic acids is 1. The molecule has 0 atom stereocenters. The molecule has 10 heteroatoms. The molecule has 0 radical (unpaired) electrons. The van der Waals surface area contributed by atoms with Crippen LogP contribution in [0.5, 0.6) is 0 Å². The van der Waals surface area contributed by atoms with E-state index in [2.05, 4.69) is 4.98 Å². The molecule has 1 aromatic heterocycles. The number of H-pyrrole nitrogens is 1. The van der Waals surface area contributed by atoms with Crippen LogP contribution in [0.15, 0.2) is 30.3 Å². The molecule has 4 rings (SSSR count). The van der Waals surface area contributed by atoms with Gasteiger partial charge in [0, 0.05) is 36.1 Å². The lowest BCUT2D eigenvalue weighted by Gasteiger charge is -2.39. The Morgan fingerprint density at radius 1 is 1.18 bits per heavy atom. The summed E-state index contributed by atoms with van der Waals surface area (Å²) < 4.78 is 39.8. The largest absolute Gasteiger partial charge is 0.477 e. The van der Waals surface area contributed by atoms with Crippen molar-refractivity contribution in [1.82, 2.24) is 9.88 Å². The number of aromatic nitrogens is 1. The zero-order chi connectivity index (χ0) is 24.1. The Kier molecular flexibility index (Phi) is 7.30. The Hall–Kier alpha value is -2.26. The number of alkyl halides is 3. The monoisotopic (exact) mass is 516 g/mol. The minimum atomic E-state index is -4.61. The summed E-state index contributed by atoms with van der Waals surface area (Å²) in [6, 6.07) is 7.43. The van der Waals surface area contributed by atoms with Crippen LogP contribution in [-0.4, -0.2) is 39.2 Å². The lowest BCUT2D eigenvalue weighted by atomic mass is 9.83. The molecule has 5 nitrogen and oxygen atoms in total. The normalized spacial score (nSPS) is 16.4. The number of piperidine rings is 1. The van der Waals surface area contributed by atoms with Gasteiger partial charge in [0.1, 0.15) is 5.69 Å². The number of carboxylic acids is 1. The van der Waals surface area contributed by atoms with Crippen molar-refractivity contribution in [2.75, 3.05) is 13.1 Å². The van der Waals surface area contributed by atoms with E-state index < -0.39 is 28.3 Å². The molecule has 1 saturated heterocycles. The molecule has 1 fully saturated rings. The molecule has 0 saturated carbocycles. The van der Waals surface area contributed by atoms with E-state index in [4.69, 9.17) is 11.6 Å². The highest BCUT2D eigenvalue weighted by atomic mass is 35.5. The van der Waals surface area contributed by atoms with E-state index in [1.54, 1.807) is 0 Å². The molecule has 0 unspecified atom stereocenters. The van der Waals surface area contributed by atoms with Gasteiger partial charge in [0.05, 0.1) is 16.2 Å². The van der Waals surface area contributed by atoms with Gasteiger partial charge in [-0.05, 0) is 61.6 Å². The van der Waals surface area contributed by atoms with Gasteiger partial charge in [-0.25, -0.2) is 4.79 Å². The molecule has 34 heavy (non-hydrogen) atoms. The number of likely N-dealkylation sites (tertiary alicyclic amines) is 1. The average molecular weight is 517 g/mol. The maximum absolute atomic E-state index is 13.3. The zero-order valence-corrected chi connectivity index (χ0v) is 20.2. The van der Waals surface area contributed by atoms with E-state index in [-0.39, 0.29) is 36.5 Å². The second kappa shape index (κ2) is 9.41. The van der Waals surface area contributed by atoms with Crippen LogP contribution in [0.25, 0.3) is 10.9 Å². The minimum absolute atomic E-state index is 0. The predicted octanol–water partition coefficient (Wildman–Crippen LogP) is 6.06. The third-order valence-electron chi connectivity index (χ3n) is 6.43. The van der Waals surface area contributed by atoms with Crippen LogP contribution in [0.2, 0.25) is 5.02 Å². The highest BCUT2D eigenvalue weighted by Gasteiger charge is 2.38. The van der Waals surface area contributed by atoms with Crippen molar-refractivity contribution < 1.29 is 28.2 Å². The number of hydrogen-bond acceptors (Lipinski definition) is 3. The number of aliphatic hydroxyl groups is 1. The van der Waals surface area contributed by atoms with E-state index in [1.807, 2.05) is 30.9 Å². The van der Waals surface area contributed by atoms with Crippen molar-refractivity contribution >= 4 is 40.9 Å². The summed E-state index contributed by atoms with van der Waals surface area (Å²) in [5, 5.41) is 21.3. The van der Waals surface area contributed by atoms with Crippen LogP contribution in [0.4, 0.5) is 13.2 Å². The highest BCUT2D eigenvalue weighted by molar-refractivity contribution is 6.31. The number of aryl methyl sites for hydroxylation is 2. The predicted molar refractivity (Wildman–Crippen MR) is 127 cm³/mol. The summed E-state index contributed by atoms with van der Waals surface area (Å²) in [6.07, 6.45) is -4.17. The van der Waals surface area contributed by atoms with Gasteiger partial charge in [-0.15, -0.1) is 12.4 Å². The van der Waals surface area contributed by atoms with Crippen molar-refractivity contribution in [2.45, 2.75) is 45.0 Å². The number of aromatic amines is 1. The summed E-state index contributed by atoms with van der Waals surface area (Å²) in [5.41, 5.74) is 1.36. The maximum Gasteiger partial charge on any atom is 0.417 e. The molecule has 2 heterocycles. The van der Waals surface area contributed by atoms with Crippen LogP contribution in [-0.2, 0) is 18.3 Å². The quantitative estimate of drug-likeness (QED) is 0.393.